The van der Waals surface area contributed by atoms with E-state index in [2.05, 4.69) is 67.8 Å². The number of allylic oxidation sites excluding steroid dienone is 9. The van der Waals surface area contributed by atoms with Crippen LogP contribution in [0.15, 0.2) is 60.8 Å². The molecular weight excluding hydrogens is 771 g/mol. The molecule has 0 radical (unpaired) electrons. The van der Waals surface area contributed by atoms with Gasteiger partial charge in [-0.3, -0.25) is 4.79 Å². The maximum atomic E-state index is 12.4. The van der Waals surface area contributed by atoms with E-state index in [1.807, 2.05) is 6.08 Å². The minimum absolute atomic E-state index is 0.0850. The minimum Gasteiger partial charge on any atom is -0.394 e. The number of hydrogen-bond donors (Lipinski definition) is 3. The zero-order valence-corrected chi connectivity index (χ0v) is 42.3. The maximum absolute atomic E-state index is 12.4. The summed E-state index contributed by atoms with van der Waals surface area (Å²) in [6.07, 6.45) is 76.7. The average molecular weight is 881 g/mol. The summed E-state index contributed by atoms with van der Waals surface area (Å²) < 4.78 is 0. The van der Waals surface area contributed by atoms with Crippen LogP contribution in [0.25, 0.3) is 0 Å². The number of hydrogen-bond acceptors (Lipinski definition) is 3. The minimum atomic E-state index is -0.872. The van der Waals surface area contributed by atoms with Crippen LogP contribution in [0.3, 0.4) is 0 Å². The summed E-state index contributed by atoms with van der Waals surface area (Å²) in [6, 6.07) is -0.650. The Bertz CT molecular complexity index is 1040. The molecule has 0 saturated heterocycles. The van der Waals surface area contributed by atoms with Gasteiger partial charge in [-0.1, -0.05) is 274 Å². The van der Waals surface area contributed by atoms with Crippen LogP contribution in [0.1, 0.15) is 290 Å². The molecule has 0 aliphatic rings. The van der Waals surface area contributed by atoms with Crippen LogP contribution in [0.5, 0.6) is 0 Å². The third-order valence-electron chi connectivity index (χ3n) is 12.7. The van der Waals surface area contributed by atoms with Crippen molar-refractivity contribution >= 4 is 5.91 Å². The molecule has 0 fully saturated rings. The lowest BCUT2D eigenvalue weighted by molar-refractivity contribution is -0.123. The fraction of sp³-hybridized carbons (Fsp3) is 0.814. The normalized spacial score (nSPS) is 13.3. The van der Waals surface area contributed by atoms with Crippen LogP contribution in [-0.4, -0.2) is 34.9 Å². The van der Waals surface area contributed by atoms with E-state index in [0.29, 0.717) is 6.42 Å². The molecule has 0 aliphatic heterocycles. The van der Waals surface area contributed by atoms with Crippen molar-refractivity contribution in [3.05, 3.63) is 60.8 Å². The highest BCUT2D eigenvalue weighted by Gasteiger charge is 2.18. The van der Waals surface area contributed by atoms with Gasteiger partial charge >= 0.3 is 0 Å². The quantitative estimate of drug-likeness (QED) is 0.0421. The number of unbranched alkanes of at least 4 members (excludes halogenated alkanes) is 36. The second-order valence-corrected chi connectivity index (χ2v) is 19.0. The SMILES string of the molecule is CCCCCCC/C=C\C/C=C\C/C=C\CCCCCCCCC(=O)NC(CO)C(O)/C=C/CC/C=C/CCCCCCCCCCCCCCCCCCCCCCCCCC. The Hall–Kier alpha value is -1.91. The molecular formula is C59H109NO3. The van der Waals surface area contributed by atoms with E-state index in [0.717, 1.165) is 57.8 Å². The number of aliphatic hydroxyl groups excluding tert-OH is 2. The monoisotopic (exact) mass is 880 g/mol. The number of carbonyl (C=O) groups is 1. The number of amides is 1. The Labute approximate surface area is 394 Å². The Morgan fingerprint density at radius 3 is 1.03 bits per heavy atom. The van der Waals surface area contributed by atoms with E-state index in [1.54, 1.807) is 6.08 Å². The van der Waals surface area contributed by atoms with Gasteiger partial charge in [0, 0.05) is 6.42 Å². The number of nitrogens with one attached hydrogen (secondary N) is 1. The lowest BCUT2D eigenvalue weighted by Crippen LogP contribution is -2.45. The molecule has 0 spiro atoms. The Morgan fingerprint density at radius 2 is 0.667 bits per heavy atom. The molecule has 2 unspecified atom stereocenters. The van der Waals surface area contributed by atoms with Crippen molar-refractivity contribution in [1.82, 2.24) is 5.32 Å². The highest BCUT2D eigenvalue weighted by molar-refractivity contribution is 5.76. The van der Waals surface area contributed by atoms with Gasteiger partial charge in [0.05, 0.1) is 18.8 Å². The van der Waals surface area contributed by atoms with Gasteiger partial charge in [0.25, 0.3) is 0 Å². The van der Waals surface area contributed by atoms with Crippen LogP contribution >= 0.6 is 0 Å². The summed E-state index contributed by atoms with van der Waals surface area (Å²) in [5, 5.41) is 23.1. The topological polar surface area (TPSA) is 69.6 Å². The van der Waals surface area contributed by atoms with Crippen molar-refractivity contribution in [3.8, 4) is 0 Å². The molecule has 0 heterocycles. The maximum Gasteiger partial charge on any atom is 0.220 e. The molecule has 368 valence electrons. The van der Waals surface area contributed by atoms with Gasteiger partial charge in [0.2, 0.25) is 5.91 Å². The molecule has 0 rings (SSSR count). The van der Waals surface area contributed by atoms with E-state index in [4.69, 9.17) is 0 Å². The van der Waals surface area contributed by atoms with Crippen LogP contribution in [0.2, 0.25) is 0 Å². The van der Waals surface area contributed by atoms with Gasteiger partial charge in [0.1, 0.15) is 0 Å². The first-order valence-corrected chi connectivity index (χ1v) is 28.0. The van der Waals surface area contributed by atoms with Gasteiger partial charge in [-0.05, 0) is 70.6 Å². The molecule has 4 nitrogen and oxygen atoms in total. The van der Waals surface area contributed by atoms with Crippen molar-refractivity contribution in [3.63, 3.8) is 0 Å². The van der Waals surface area contributed by atoms with Gasteiger partial charge < -0.3 is 15.5 Å². The van der Waals surface area contributed by atoms with Crippen LogP contribution in [0, 0.1) is 0 Å². The molecule has 3 N–H and O–H groups in total. The van der Waals surface area contributed by atoms with Crippen molar-refractivity contribution in [1.29, 1.82) is 0 Å². The zero-order valence-electron chi connectivity index (χ0n) is 42.3. The standard InChI is InChI=1S/C59H109NO3/c1-3-5-7-9-11-13-15-17-19-21-23-25-26-27-28-29-30-31-32-33-35-36-38-40-42-44-46-48-50-52-54-58(62)57(56-61)60-59(63)55-53-51-49-47-45-43-41-39-37-34-24-22-20-18-16-14-12-10-8-6-4-2/h16,18,22,24,37,39,44,46,52,54,57-58,61-62H,3-15,17,19-21,23,25-36,38,40-43,45,47-51,53,55-56H2,1-2H3,(H,60,63)/b18-16-,24-22-,39-37-,46-44+,54-52+. The Kier molecular flexibility index (Phi) is 52.8. The molecule has 0 saturated carbocycles. The highest BCUT2D eigenvalue weighted by atomic mass is 16.3. The van der Waals surface area contributed by atoms with Crippen molar-refractivity contribution in [2.75, 3.05) is 6.61 Å². The largest absolute Gasteiger partial charge is 0.394 e. The first-order chi connectivity index (χ1) is 31.2. The second kappa shape index (κ2) is 54.4. The molecule has 0 aromatic carbocycles. The fourth-order valence-corrected chi connectivity index (χ4v) is 8.44. The van der Waals surface area contributed by atoms with Crippen molar-refractivity contribution in [2.24, 2.45) is 0 Å². The first-order valence-electron chi connectivity index (χ1n) is 28.0. The molecule has 0 bridgehead atoms. The summed E-state index contributed by atoms with van der Waals surface area (Å²) in [7, 11) is 0. The number of rotatable bonds is 51. The van der Waals surface area contributed by atoms with Gasteiger partial charge in [-0.2, -0.15) is 0 Å². The first kappa shape index (κ1) is 61.1. The van der Waals surface area contributed by atoms with Crippen LogP contribution < -0.4 is 5.32 Å². The average Bonchev–Trinajstić information content (AvgIpc) is 3.29. The molecule has 0 aromatic rings. The summed E-state index contributed by atoms with van der Waals surface area (Å²) in [6.45, 7) is 4.30. The number of aliphatic hydroxyl groups is 2. The van der Waals surface area contributed by atoms with Crippen LogP contribution in [-0.2, 0) is 4.79 Å². The molecule has 1 amide bonds. The Morgan fingerprint density at radius 1 is 0.381 bits per heavy atom. The summed E-state index contributed by atoms with van der Waals surface area (Å²) >= 11 is 0. The number of carbonyl (C=O) groups excluding carboxylic acids is 1. The summed E-state index contributed by atoms with van der Waals surface area (Å²) in [5.41, 5.74) is 0. The molecule has 0 aromatic heterocycles. The Balaban J connectivity index is 3.55. The molecule has 63 heavy (non-hydrogen) atoms. The van der Waals surface area contributed by atoms with Gasteiger partial charge in [-0.15, -0.1) is 0 Å². The van der Waals surface area contributed by atoms with E-state index in [1.165, 1.54) is 212 Å². The molecule has 4 heteroatoms. The third-order valence-corrected chi connectivity index (χ3v) is 12.7. The van der Waals surface area contributed by atoms with Gasteiger partial charge in [-0.25, -0.2) is 0 Å². The third kappa shape index (κ3) is 50.9. The second-order valence-electron chi connectivity index (χ2n) is 19.0. The predicted molar refractivity (Wildman–Crippen MR) is 281 cm³/mol. The van der Waals surface area contributed by atoms with Crippen molar-refractivity contribution in [2.45, 2.75) is 302 Å². The summed E-state index contributed by atoms with van der Waals surface area (Å²) in [5.74, 6) is -0.0850. The van der Waals surface area contributed by atoms with Crippen LogP contribution in [0.4, 0.5) is 0 Å². The fourth-order valence-electron chi connectivity index (χ4n) is 8.44. The van der Waals surface area contributed by atoms with Gasteiger partial charge in [0.15, 0.2) is 0 Å². The highest BCUT2D eigenvalue weighted by Crippen LogP contribution is 2.16. The van der Waals surface area contributed by atoms with E-state index < -0.39 is 12.1 Å². The van der Waals surface area contributed by atoms with E-state index in [-0.39, 0.29) is 12.5 Å². The zero-order chi connectivity index (χ0) is 45.6. The molecule has 2 atom stereocenters. The summed E-state index contributed by atoms with van der Waals surface area (Å²) in [4.78, 5) is 12.4. The van der Waals surface area contributed by atoms with E-state index >= 15 is 0 Å². The lowest BCUT2D eigenvalue weighted by atomic mass is 10.0. The van der Waals surface area contributed by atoms with E-state index in [9.17, 15) is 15.0 Å². The smallest absolute Gasteiger partial charge is 0.220 e. The lowest BCUT2D eigenvalue weighted by Gasteiger charge is -2.19. The van der Waals surface area contributed by atoms with Crippen molar-refractivity contribution < 1.29 is 15.0 Å². The molecule has 0 aliphatic carbocycles. The predicted octanol–water partition coefficient (Wildman–Crippen LogP) is 18.4.